The molecule has 11 heteroatoms. The molecule has 4 rings (SSSR count). The van der Waals surface area contributed by atoms with Crippen molar-refractivity contribution in [3.8, 4) is 0 Å². The Morgan fingerprint density at radius 2 is 1.86 bits per heavy atom. The molecule has 1 aromatic carbocycles. The van der Waals surface area contributed by atoms with Crippen LogP contribution in [-0.2, 0) is 11.0 Å². The normalized spacial score (nSPS) is 27.0. The zero-order valence-electron chi connectivity index (χ0n) is 14.2. The molecule has 0 unspecified atom stereocenters. The van der Waals surface area contributed by atoms with Crippen molar-refractivity contribution >= 4 is 22.5 Å². The van der Waals surface area contributed by atoms with E-state index in [1.807, 2.05) is 0 Å². The van der Waals surface area contributed by atoms with Crippen LogP contribution in [-0.4, -0.2) is 30.2 Å². The quantitative estimate of drug-likeness (QED) is 0.350. The molecule has 2 heterocycles. The summed E-state index contributed by atoms with van der Waals surface area (Å²) in [6.07, 6.45) is -8.54. The molecule has 1 aromatic heterocycles. The van der Waals surface area contributed by atoms with Gasteiger partial charge in [0, 0.05) is 30.4 Å². The second-order valence-electron chi connectivity index (χ2n) is 7.20. The topological polar surface area (TPSA) is 71.2 Å². The number of hydrazine groups is 1. The molecule has 0 bridgehead atoms. The number of halogens is 6. The Balaban J connectivity index is 1.82. The van der Waals surface area contributed by atoms with E-state index in [9.17, 15) is 31.1 Å². The lowest BCUT2D eigenvalue weighted by Gasteiger charge is -2.26. The lowest BCUT2D eigenvalue weighted by Crippen LogP contribution is -2.43. The van der Waals surface area contributed by atoms with Gasteiger partial charge in [0.1, 0.15) is 5.41 Å². The van der Waals surface area contributed by atoms with Crippen LogP contribution in [0.3, 0.4) is 0 Å². The number of carbonyl (C=O) groups is 1. The molecule has 1 amide bonds. The molecule has 1 saturated carbocycles. The summed E-state index contributed by atoms with van der Waals surface area (Å²) < 4.78 is 81.0. The number of nitrogens with zero attached hydrogens (tertiary/aromatic N) is 2. The molecular weight excluding hydrogens is 390 g/mol. The molecule has 5 nitrogen and oxygen atoms in total. The predicted molar refractivity (Wildman–Crippen MR) is 86.8 cm³/mol. The number of benzene rings is 1. The fraction of sp³-hybridized carbons (Fsp3) is 0.412. The van der Waals surface area contributed by atoms with Crippen LogP contribution in [0, 0.1) is 10.8 Å². The number of fused-ring (bicyclic) bond motifs is 2. The Kier molecular flexibility index (Phi) is 3.69. The van der Waals surface area contributed by atoms with E-state index >= 15 is 0 Å². The summed E-state index contributed by atoms with van der Waals surface area (Å²) in [4.78, 5) is 17.2. The highest BCUT2D eigenvalue weighted by molar-refractivity contribution is 5.96. The number of rotatable bonds is 2. The van der Waals surface area contributed by atoms with E-state index in [4.69, 9.17) is 5.84 Å². The van der Waals surface area contributed by atoms with E-state index in [-0.39, 0.29) is 23.1 Å². The SMILES string of the molecule is NNC(=O)[C@]12CN(c3ccc(C(F)(F)F)c4ncccc34)C[C@@]1(C(F)(F)F)C2. The second kappa shape index (κ2) is 5.49. The van der Waals surface area contributed by atoms with Gasteiger partial charge < -0.3 is 4.90 Å². The first-order valence-corrected chi connectivity index (χ1v) is 8.24. The Hall–Kier alpha value is -2.56. The summed E-state index contributed by atoms with van der Waals surface area (Å²) >= 11 is 0. The standard InChI is InChI=1S/C17H14F6N4O/c18-16(19,20)10-3-4-11(9-2-1-5-25-12(9)10)27-7-14(13(28)26-24)6-15(14,8-27)17(21,22)23/h1-5H,6-8,24H2,(H,26,28)/t14-,15-/m0/s1. The summed E-state index contributed by atoms with van der Waals surface area (Å²) in [5.41, 5.74) is -3.40. The average molecular weight is 404 g/mol. The van der Waals surface area contributed by atoms with E-state index in [0.717, 1.165) is 12.1 Å². The Morgan fingerprint density at radius 3 is 2.46 bits per heavy atom. The fourth-order valence-corrected chi connectivity index (χ4v) is 4.39. The molecular formula is C17H14F6N4O. The van der Waals surface area contributed by atoms with Crippen LogP contribution in [0.1, 0.15) is 12.0 Å². The number of anilines is 1. The zero-order valence-corrected chi connectivity index (χ0v) is 14.2. The monoisotopic (exact) mass is 404 g/mol. The van der Waals surface area contributed by atoms with Gasteiger partial charge in [-0.15, -0.1) is 0 Å². The number of carbonyl (C=O) groups excluding carboxylic acids is 1. The first-order chi connectivity index (χ1) is 13.0. The van der Waals surface area contributed by atoms with Crippen LogP contribution in [0.2, 0.25) is 0 Å². The first kappa shape index (κ1) is 18.8. The fourth-order valence-electron chi connectivity index (χ4n) is 4.39. The Morgan fingerprint density at radius 1 is 1.14 bits per heavy atom. The molecule has 0 radical (unpaired) electrons. The molecule has 150 valence electrons. The number of nitrogens with one attached hydrogen (secondary N) is 1. The van der Waals surface area contributed by atoms with Crippen LogP contribution in [0.25, 0.3) is 10.9 Å². The van der Waals surface area contributed by atoms with Gasteiger partial charge >= 0.3 is 12.4 Å². The number of amides is 1. The molecule has 2 fully saturated rings. The van der Waals surface area contributed by atoms with Gasteiger partial charge in [-0.1, -0.05) is 0 Å². The Labute approximate surface area is 154 Å². The van der Waals surface area contributed by atoms with Crippen molar-refractivity contribution in [2.75, 3.05) is 18.0 Å². The minimum Gasteiger partial charge on any atom is -0.369 e. The van der Waals surface area contributed by atoms with Crippen LogP contribution in [0.15, 0.2) is 30.5 Å². The van der Waals surface area contributed by atoms with Crippen molar-refractivity contribution in [3.63, 3.8) is 0 Å². The first-order valence-electron chi connectivity index (χ1n) is 8.24. The average Bonchev–Trinajstić information content (AvgIpc) is 3.17. The van der Waals surface area contributed by atoms with Crippen molar-refractivity contribution in [1.29, 1.82) is 0 Å². The largest absolute Gasteiger partial charge is 0.418 e. The minimum atomic E-state index is -4.66. The van der Waals surface area contributed by atoms with Gasteiger partial charge in [0.15, 0.2) is 0 Å². The number of hydrogen-bond acceptors (Lipinski definition) is 4. The van der Waals surface area contributed by atoms with Crippen molar-refractivity contribution in [1.82, 2.24) is 10.4 Å². The van der Waals surface area contributed by atoms with E-state index in [1.165, 1.54) is 23.2 Å². The van der Waals surface area contributed by atoms with Gasteiger partial charge in [0.05, 0.1) is 16.5 Å². The van der Waals surface area contributed by atoms with Crippen LogP contribution in [0.4, 0.5) is 32.0 Å². The minimum absolute atomic E-state index is 0.0688. The molecule has 28 heavy (non-hydrogen) atoms. The number of pyridine rings is 1. The third-order valence-corrected chi connectivity index (χ3v) is 5.82. The third kappa shape index (κ3) is 2.31. The highest BCUT2D eigenvalue weighted by atomic mass is 19.4. The van der Waals surface area contributed by atoms with Crippen LogP contribution >= 0.6 is 0 Å². The van der Waals surface area contributed by atoms with Gasteiger partial charge in [-0.05, 0) is 30.7 Å². The summed E-state index contributed by atoms with van der Waals surface area (Å²) in [6, 6.07) is 4.69. The third-order valence-electron chi connectivity index (χ3n) is 5.82. The van der Waals surface area contributed by atoms with Crippen molar-refractivity contribution in [3.05, 3.63) is 36.0 Å². The second-order valence-corrected chi connectivity index (χ2v) is 7.20. The lowest BCUT2D eigenvalue weighted by atomic mass is 9.95. The van der Waals surface area contributed by atoms with Crippen LogP contribution in [0.5, 0.6) is 0 Å². The smallest absolute Gasteiger partial charge is 0.369 e. The number of hydrogen-bond donors (Lipinski definition) is 2. The highest BCUT2D eigenvalue weighted by Crippen LogP contribution is 2.75. The summed E-state index contributed by atoms with van der Waals surface area (Å²) in [5, 5.41) is 0.0688. The molecule has 1 saturated heterocycles. The van der Waals surface area contributed by atoms with Gasteiger partial charge in [-0.3, -0.25) is 15.2 Å². The molecule has 2 atom stereocenters. The maximum Gasteiger partial charge on any atom is 0.418 e. The summed E-state index contributed by atoms with van der Waals surface area (Å²) in [7, 11) is 0. The van der Waals surface area contributed by atoms with Crippen LogP contribution < -0.4 is 16.2 Å². The van der Waals surface area contributed by atoms with E-state index in [0.29, 0.717) is 0 Å². The lowest BCUT2D eigenvalue weighted by molar-refractivity contribution is -0.191. The summed E-state index contributed by atoms with van der Waals surface area (Å²) in [5.74, 6) is 4.16. The molecule has 2 aliphatic rings. The maximum atomic E-state index is 13.7. The number of piperidine rings is 1. The highest BCUT2D eigenvalue weighted by Gasteiger charge is 2.86. The predicted octanol–water partition coefficient (Wildman–Crippen LogP) is 3.00. The van der Waals surface area contributed by atoms with E-state index < -0.39 is 47.6 Å². The number of nitrogens with two attached hydrogens (primary N) is 1. The van der Waals surface area contributed by atoms with Gasteiger partial charge in [0.25, 0.3) is 0 Å². The Bertz CT molecular complexity index is 974. The zero-order chi connectivity index (χ0) is 20.5. The number of alkyl halides is 6. The van der Waals surface area contributed by atoms with E-state index in [1.54, 1.807) is 5.43 Å². The molecule has 0 spiro atoms. The van der Waals surface area contributed by atoms with Crippen molar-refractivity contribution < 1.29 is 31.1 Å². The molecule has 1 aliphatic carbocycles. The van der Waals surface area contributed by atoms with Gasteiger partial charge in [-0.2, -0.15) is 26.3 Å². The van der Waals surface area contributed by atoms with Gasteiger partial charge in [-0.25, -0.2) is 5.84 Å². The number of aromatic nitrogens is 1. The molecule has 2 aromatic rings. The molecule has 3 N–H and O–H groups in total. The summed E-state index contributed by atoms with van der Waals surface area (Å²) in [6.45, 7) is -0.843. The van der Waals surface area contributed by atoms with Crippen molar-refractivity contribution in [2.45, 2.75) is 18.8 Å². The maximum absolute atomic E-state index is 13.7. The van der Waals surface area contributed by atoms with E-state index in [2.05, 4.69) is 4.98 Å². The van der Waals surface area contributed by atoms with Crippen molar-refractivity contribution in [2.24, 2.45) is 16.7 Å². The molecule has 1 aliphatic heterocycles. The van der Waals surface area contributed by atoms with Gasteiger partial charge in [0.2, 0.25) is 5.91 Å².